The largest absolute Gasteiger partial charge is 0.376 e. The minimum absolute atomic E-state index is 0.0621. The standard InChI is InChI=1S/C17H27N3O2/c1-13-6-3-4-8-16(13)22-11-10-19-17(21)20-14(2)15-7-5-9-18-12-15/h5,7,9,12-14,16H,3-4,6,8,10-11H2,1-2H3,(H2,19,20,21). The zero-order chi connectivity index (χ0) is 15.8. The molecule has 0 aliphatic heterocycles. The van der Waals surface area contributed by atoms with E-state index in [1.807, 2.05) is 19.1 Å². The van der Waals surface area contributed by atoms with Crippen LogP contribution in [0.1, 0.15) is 51.1 Å². The van der Waals surface area contributed by atoms with Gasteiger partial charge in [-0.05, 0) is 37.3 Å². The van der Waals surface area contributed by atoms with Crippen molar-refractivity contribution in [3.63, 3.8) is 0 Å². The Hall–Kier alpha value is -1.62. The number of ether oxygens (including phenoxy) is 1. The van der Waals surface area contributed by atoms with Crippen molar-refractivity contribution in [2.75, 3.05) is 13.2 Å². The van der Waals surface area contributed by atoms with Crippen LogP contribution in [0.15, 0.2) is 24.5 Å². The topological polar surface area (TPSA) is 63.2 Å². The van der Waals surface area contributed by atoms with Crippen molar-refractivity contribution in [2.45, 2.75) is 51.7 Å². The number of rotatable bonds is 6. The van der Waals surface area contributed by atoms with Gasteiger partial charge in [-0.1, -0.05) is 25.8 Å². The molecule has 1 saturated carbocycles. The zero-order valence-electron chi connectivity index (χ0n) is 13.5. The first-order chi connectivity index (χ1) is 10.7. The number of hydrogen-bond acceptors (Lipinski definition) is 3. The summed E-state index contributed by atoms with van der Waals surface area (Å²) in [6.45, 7) is 5.30. The van der Waals surface area contributed by atoms with Crippen LogP contribution in [0.3, 0.4) is 0 Å². The van der Waals surface area contributed by atoms with Gasteiger partial charge in [-0.3, -0.25) is 4.98 Å². The number of aromatic nitrogens is 1. The first-order valence-corrected chi connectivity index (χ1v) is 8.22. The normalized spacial score (nSPS) is 22.8. The van der Waals surface area contributed by atoms with Crippen LogP contribution in [-0.4, -0.2) is 30.3 Å². The van der Waals surface area contributed by atoms with Crippen LogP contribution < -0.4 is 10.6 Å². The van der Waals surface area contributed by atoms with Crippen LogP contribution in [0.2, 0.25) is 0 Å². The Labute approximate surface area is 132 Å². The Morgan fingerprint density at radius 3 is 3.00 bits per heavy atom. The predicted molar refractivity (Wildman–Crippen MR) is 86.6 cm³/mol. The molecule has 1 aromatic heterocycles. The van der Waals surface area contributed by atoms with Crippen LogP contribution >= 0.6 is 0 Å². The molecule has 122 valence electrons. The van der Waals surface area contributed by atoms with Gasteiger partial charge in [0.25, 0.3) is 0 Å². The van der Waals surface area contributed by atoms with Crippen LogP contribution in [0, 0.1) is 5.92 Å². The molecule has 5 heteroatoms. The Kier molecular flexibility index (Phi) is 6.65. The molecule has 1 aliphatic rings. The van der Waals surface area contributed by atoms with E-state index in [1.165, 1.54) is 19.3 Å². The Balaban J connectivity index is 1.61. The maximum Gasteiger partial charge on any atom is 0.315 e. The molecule has 0 aromatic carbocycles. The van der Waals surface area contributed by atoms with E-state index in [0.29, 0.717) is 25.2 Å². The Bertz CT molecular complexity index is 452. The predicted octanol–water partition coefficient (Wildman–Crippen LogP) is 3.04. The highest BCUT2D eigenvalue weighted by Crippen LogP contribution is 2.25. The summed E-state index contributed by atoms with van der Waals surface area (Å²) < 4.78 is 5.88. The van der Waals surface area contributed by atoms with Crippen molar-refractivity contribution >= 4 is 6.03 Å². The van der Waals surface area contributed by atoms with Crippen molar-refractivity contribution < 1.29 is 9.53 Å². The summed E-state index contributed by atoms with van der Waals surface area (Å²) in [6, 6.07) is 3.58. The second-order valence-corrected chi connectivity index (χ2v) is 6.08. The highest BCUT2D eigenvalue weighted by atomic mass is 16.5. The number of hydrogen-bond donors (Lipinski definition) is 2. The molecule has 1 aromatic rings. The van der Waals surface area contributed by atoms with Gasteiger partial charge in [0.2, 0.25) is 0 Å². The maximum atomic E-state index is 11.8. The quantitative estimate of drug-likeness (QED) is 0.794. The lowest BCUT2D eigenvalue weighted by Crippen LogP contribution is -2.39. The maximum absolute atomic E-state index is 11.8. The van der Waals surface area contributed by atoms with Crippen LogP contribution in [0.4, 0.5) is 4.79 Å². The molecule has 2 amide bonds. The van der Waals surface area contributed by atoms with E-state index in [1.54, 1.807) is 12.4 Å². The number of nitrogens with one attached hydrogen (secondary N) is 2. The SMILES string of the molecule is CC(NC(=O)NCCOC1CCCCC1C)c1cccnc1. The molecule has 0 bridgehead atoms. The smallest absolute Gasteiger partial charge is 0.315 e. The van der Waals surface area contributed by atoms with E-state index < -0.39 is 0 Å². The van der Waals surface area contributed by atoms with Crippen molar-refractivity contribution in [3.05, 3.63) is 30.1 Å². The third-order valence-corrected chi connectivity index (χ3v) is 4.28. The van der Waals surface area contributed by atoms with E-state index >= 15 is 0 Å². The first-order valence-electron chi connectivity index (χ1n) is 8.22. The van der Waals surface area contributed by atoms with Crippen LogP contribution in [-0.2, 0) is 4.74 Å². The summed E-state index contributed by atoms with van der Waals surface area (Å²) in [5.74, 6) is 0.633. The summed E-state index contributed by atoms with van der Waals surface area (Å²) in [7, 11) is 0. The van der Waals surface area contributed by atoms with Gasteiger partial charge >= 0.3 is 6.03 Å². The van der Waals surface area contributed by atoms with E-state index in [2.05, 4.69) is 22.5 Å². The molecular formula is C17H27N3O2. The summed E-state index contributed by atoms with van der Waals surface area (Å²) in [4.78, 5) is 15.9. The summed E-state index contributed by atoms with van der Waals surface area (Å²) in [5.41, 5.74) is 0.991. The van der Waals surface area contributed by atoms with E-state index in [4.69, 9.17) is 4.74 Å². The third-order valence-electron chi connectivity index (χ3n) is 4.28. The van der Waals surface area contributed by atoms with E-state index in [9.17, 15) is 4.79 Å². The van der Waals surface area contributed by atoms with Gasteiger partial charge in [0.05, 0.1) is 18.8 Å². The fraction of sp³-hybridized carbons (Fsp3) is 0.647. The molecule has 1 fully saturated rings. The molecule has 0 saturated heterocycles. The van der Waals surface area contributed by atoms with Gasteiger partial charge in [-0.25, -0.2) is 4.79 Å². The van der Waals surface area contributed by atoms with Crippen molar-refractivity contribution in [1.82, 2.24) is 15.6 Å². The molecule has 1 heterocycles. The second kappa shape index (κ2) is 8.73. The Morgan fingerprint density at radius 2 is 2.27 bits per heavy atom. The molecule has 0 radical (unpaired) electrons. The van der Waals surface area contributed by atoms with Gasteiger partial charge in [0.1, 0.15) is 0 Å². The average Bonchev–Trinajstić information content (AvgIpc) is 2.54. The molecule has 2 N–H and O–H groups in total. The number of carbonyl (C=O) groups is 1. The molecule has 5 nitrogen and oxygen atoms in total. The molecule has 1 aliphatic carbocycles. The Morgan fingerprint density at radius 1 is 1.45 bits per heavy atom. The lowest BCUT2D eigenvalue weighted by atomic mass is 9.88. The minimum Gasteiger partial charge on any atom is -0.376 e. The molecule has 0 spiro atoms. The van der Waals surface area contributed by atoms with E-state index in [0.717, 1.165) is 12.0 Å². The monoisotopic (exact) mass is 305 g/mol. The highest BCUT2D eigenvalue weighted by molar-refractivity contribution is 5.74. The number of carbonyl (C=O) groups excluding carboxylic acids is 1. The fourth-order valence-electron chi connectivity index (χ4n) is 2.87. The minimum atomic E-state index is -0.170. The summed E-state index contributed by atoms with van der Waals surface area (Å²) >= 11 is 0. The molecule has 22 heavy (non-hydrogen) atoms. The van der Waals surface area contributed by atoms with Crippen molar-refractivity contribution in [1.29, 1.82) is 0 Å². The number of nitrogens with zero attached hydrogens (tertiary/aromatic N) is 1. The second-order valence-electron chi connectivity index (χ2n) is 6.08. The van der Waals surface area contributed by atoms with Crippen molar-refractivity contribution in [3.8, 4) is 0 Å². The van der Waals surface area contributed by atoms with Gasteiger partial charge in [-0.15, -0.1) is 0 Å². The molecular weight excluding hydrogens is 278 g/mol. The first kappa shape index (κ1) is 16.7. The summed E-state index contributed by atoms with van der Waals surface area (Å²) in [6.07, 6.45) is 8.80. The lowest BCUT2D eigenvalue weighted by Gasteiger charge is -2.28. The summed E-state index contributed by atoms with van der Waals surface area (Å²) in [5, 5.41) is 5.74. The third kappa shape index (κ3) is 5.30. The lowest BCUT2D eigenvalue weighted by molar-refractivity contribution is -0.00244. The molecule has 3 unspecified atom stereocenters. The van der Waals surface area contributed by atoms with Gasteiger partial charge < -0.3 is 15.4 Å². The number of amides is 2. The number of urea groups is 1. The van der Waals surface area contributed by atoms with Gasteiger partial charge in [0, 0.05) is 18.9 Å². The fourth-order valence-corrected chi connectivity index (χ4v) is 2.87. The highest BCUT2D eigenvalue weighted by Gasteiger charge is 2.21. The number of pyridine rings is 1. The van der Waals surface area contributed by atoms with Crippen LogP contribution in [0.5, 0.6) is 0 Å². The molecule has 2 rings (SSSR count). The van der Waals surface area contributed by atoms with Crippen LogP contribution in [0.25, 0.3) is 0 Å². The van der Waals surface area contributed by atoms with Gasteiger partial charge in [0.15, 0.2) is 0 Å². The zero-order valence-corrected chi connectivity index (χ0v) is 13.5. The molecule has 3 atom stereocenters. The van der Waals surface area contributed by atoms with Crippen molar-refractivity contribution in [2.24, 2.45) is 5.92 Å². The van der Waals surface area contributed by atoms with E-state index in [-0.39, 0.29) is 12.1 Å². The average molecular weight is 305 g/mol. The van der Waals surface area contributed by atoms with Gasteiger partial charge in [-0.2, -0.15) is 0 Å².